The van der Waals surface area contributed by atoms with Crippen LogP contribution < -0.4 is 5.32 Å². The van der Waals surface area contributed by atoms with Crippen LogP contribution in [-0.2, 0) is 9.53 Å². The molecule has 0 aromatic carbocycles. The zero-order valence-electron chi connectivity index (χ0n) is 20.2. The molecule has 174 valence electrons. The van der Waals surface area contributed by atoms with E-state index < -0.39 is 5.60 Å². The van der Waals surface area contributed by atoms with E-state index in [0.717, 1.165) is 12.0 Å². The first-order valence-electron chi connectivity index (χ1n) is 10.6. The normalized spacial score (nSPS) is 15.7. The first-order chi connectivity index (χ1) is 15.1. The van der Waals surface area contributed by atoms with Gasteiger partial charge in [-0.3, -0.25) is 4.79 Å². The number of ether oxygens (including phenoxy) is 1. The Hall–Kier alpha value is -2.77. The zero-order chi connectivity index (χ0) is 24.7. The molecule has 1 amide bonds. The molecule has 5 heteroatoms. The molecular weight excluding hydrogens is 420 g/mol. The van der Waals surface area contributed by atoms with Crippen LogP contribution >= 0.6 is 11.6 Å². The van der Waals surface area contributed by atoms with Gasteiger partial charge in [0.2, 0.25) is 0 Å². The number of halogens is 1. The van der Waals surface area contributed by atoms with E-state index in [-0.39, 0.29) is 17.9 Å². The number of hydrogen-bond donors (Lipinski definition) is 1. The number of carbonyl (C=O) groups excluding carboxylic acids is 1. The molecule has 0 heterocycles. The molecule has 0 spiro atoms. The average Bonchev–Trinajstić information content (AvgIpc) is 2.73. The second-order valence-corrected chi connectivity index (χ2v) is 8.31. The van der Waals surface area contributed by atoms with E-state index in [1.165, 1.54) is 11.6 Å². The summed E-state index contributed by atoms with van der Waals surface area (Å²) in [6.07, 6.45) is 15.1. The summed E-state index contributed by atoms with van der Waals surface area (Å²) in [6.45, 7) is 18.6. The molecule has 0 rings (SSSR count). The number of nitrogens with zero attached hydrogens (tertiary/aromatic N) is 1. The van der Waals surface area contributed by atoms with Crippen molar-refractivity contribution in [3.05, 3.63) is 84.2 Å². The fraction of sp³-hybridized carbons (Fsp3) is 0.407. The summed E-state index contributed by atoms with van der Waals surface area (Å²) < 4.78 is 5.88. The molecule has 0 aromatic heterocycles. The minimum atomic E-state index is -1.13. The predicted octanol–water partition coefficient (Wildman–Crippen LogP) is 6.71. The third-order valence-electron chi connectivity index (χ3n) is 4.88. The highest BCUT2D eigenvalue weighted by atomic mass is 35.5. The molecule has 2 atom stereocenters. The van der Waals surface area contributed by atoms with Gasteiger partial charge in [0, 0.05) is 17.8 Å². The Morgan fingerprint density at radius 3 is 2.38 bits per heavy atom. The molecule has 0 fully saturated rings. The molecule has 0 saturated heterocycles. The van der Waals surface area contributed by atoms with Crippen molar-refractivity contribution in [1.82, 2.24) is 5.32 Å². The van der Waals surface area contributed by atoms with Crippen molar-refractivity contribution >= 4 is 17.5 Å². The molecule has 1 N–H and O–H groups in total. The van der Waals surface area contributed by atoms with Gasteiger partial charge in [0.1, 0.15) is 0 Å². The summed E-state index contributed by atoms with van der Waals surface area (Å²) in [6, 6.07) is 1.88. The molecule has 0 aromatic rings. The van der Waals surface area contributed by atoms with Gasteiger partial charge in [-0.05, 0) is 65.7 Å². The van der Waals surface area contributed by atoms with Crippen LogP contribution in [0.2, 0.25) is 0 Å². The smallest absolute Gasteiger partial charge is 0.263 e. The van der Waals surface area contributed by atoms with Gasteiger partial charge < -0.3 is 10.1 Å². The van der Waals surface area contributed by atoms with Crippen molar-refractivity contribution < 1.29 is 9.53 Å². The van der Waals surface area contributed by atoms with E-state index in [2.05, 4.69) is 37.5 Å². The monoisotopic (exact) mass is 456 g/mol. The third kappa shape index (κ3) is 10.5. The zero-order valence-corrected chi connectivity index (χ0v) is 21.0. The second kappa shape index (κ2) is 15.1. The van der Waals surface area contributed by atoms with Crippen molar-refractivity contribution in [2.45, 2.75) is 59.6 Å². The fourth-order valence-corrected chi connectivity index (χ4v) is 3.18. The first kappa shape index (κ1) is 29.2. The fourth-order valence-electron chi connectivity index (χ4n) is 3.09. The number of amides is 1. The van der Waals surface area contributed by atoms with Gasteiger partial charge in [0.15, 0.2) is 5.60 Å². The Labute approximate surface area is 199 Å². The van der Waals surface area contributed by atoms with Crippen molar-refractivity contribution in [1.29, 1.82) is 5.26 Å². The SMILES string of the molecule is C=C/C=C(C#N)\C=C(/C)OC(C)(C)C(=O)NC(C)C(C/C(C)=C/C)C(/C=C\CCl)=C/C=C. The molecule has 0 aliphatic rings. The van der Waals surface area contributed by atoms with E-state index >= 15 is 0 Å². The lowest BCUT2D eigenvalue weighted by Gasteiger charge is -2.31. The maximum Gasteiger partial charge on any atom is 0.263 e. The molecule has 0 aliphatic heterocycles. The molecule has 2 unspecified atom stereocenters. The maximum absolute atomic E-state index is 13.1. The Morgan fingerprint density at radius 1 is 1.25 bits per heavy atom. The molecule has 0 radical (unpaired) electrons. The topological polar surface area (TPSA) is 62.1 Å². The van der Waals surface area contributed by atoms with Crippen LogP contribution in [0.25, 0.3) is 0 Å². The Balaban J connectivity index is 5.72. The number of hydrogen-bond acceptors (Lipinski definition) is 3. The van der Waals surface area contributed by atoms with Gasteiger partial charge in [0.05, 0.1) is 17.4 Å². The number of nitrogens with one attached hydrogen (secondary N) is 1. The van der Waals surface area contributed by atoms with E-state index in [4.69, 9.17) is 21.6 Å². The van der Waals surface area contributed by atoms with Crippen molar-refractivity contribution in [2.24, 2.45) is 5.92 Å². The number of carbonyl (C=O) groups is 1. The largest absolute Gasteiger partial charge is 0.483 e. The van der Waals surface area contributed by atoms with Gasteiger partial charge in [-0.25, -0.2) is 0 Å². The molecule has 0 saturated carbocycles. The molecule has 0 bridgehead atoms. The summed E-state index contributed by atoms with van der Waals surface area (Å²) >= 11 is 5.85. The molecule has 32 heavy (non-hydrogen) atoms. The highest BCUT2D eigenvalue weighted by Crippen LogP contribution is 2.26. The highest BCUT2D eigenvalue weighted by molar-refractivity contribution is 6.18. The lowest BCUT2D eigenvalue weighted by molar-refractivity contribution is -0.139. The van der Waals surface area contributed by atoms with Gasteiger partial charge >= 0.3 is 0 Å². The lowest BCUT2D eigenvalue weighted by Crippen LogP contribution is -2.49. The minimum absolute atomic E-state index is 0.0285. The minimum Gasteiger partial charge on any atom is -0.483 e. The third-order valence-corrected chi connectivity index (χ3v) is 5.06. The van der Waals surface area contributed by atoms with Crippen LogP contribution in [0.5, 0.6) is 0 Å². The van der Waals surface area contributed by atoms with Crippen LogP contribution in [0.1, 0.15) is 48.0 Å². The average molecular weight is 457 g/mol. The standard InChI is InChI=1S/C27H37ClN2O2/c1-9-13-23(19-29)18-21(5)32-27(7,8)26(31)30-22(6)25(17-20(4)11-3)24(14-10-2)15-12-16-28/h9-15,18,22,25H,1-2,16-17H2,3-8H3,(H,30,31)/b15-12-,20-11+,21-18+,23-13+,24-14+. The molecule has 4 nitrogen and oxygen atoms in total. The van der Waals surface area contributed by atoms with Crippen molar-refractivity contribution in [2.75, 3.05) is 5.88 Å². The van der Waals surface area contributed by atoms with Gasteiger partial charge in [-0.2, -0.15) is 5.26 Å². The predicted molar refractivity (Wildman–Crippen MR) is 136 cm³/mol. The summed E-state index contributed by atoms with van der Waals surface area (Å²) in [5.74, 6) is 0.653. The summed E-state index contributed by atoms with van der Waals surface area (Å²) in [5, 5.41) is 12.3. The molecule has 0 aliphatic carbocycles. The van der Waals surface area contributed by atoms with E-state index in [1.807, 2.05) is 32.1 Å². The van der Waals surface area contributed by atoms with Crippen LogP contribution in [0.3, 0.4) is 0 Å². The van der Waals surface area contributed by atoms with Crippen molar-refractivity contribution in [3.63, 3.8) is 0 Å². The van der Waals surface area contributed by atoms with Crippen LogP contribution in [0, 0.1) is 17.2 Å². The quantitative estimate of drug-likeness (QED) is 0.110. The summed E-state index contributed by atoms with van der Waals surface area (Å²) in [5.41, 5.74) is 1.53. The van der Waals surface area contributed by atoms with E-state index in [1.54, 1.807) is 39.0 Å². The Kier molecular flexibility index (Phi) is 13.8. The summed E-state index contributed by atoms with van der Waals surface area (Å²) in [4.78, 5) is 13.1. The lowest BCUT2D eigenvalue weighted by atomic mass is 9.85. The number of nitriles is 1. The van der Waals surface area contributed by atoms with Crippen LogP contribution in [-0.4, -0.2) is 23.4 Å². The van der Waals surface area contributed by atoms with Gasteiger partial charge in [0.25, 0.3) is 5.91 Å². The van der Waals surface area contributed by atoms with Crippen LogP contribution in [0.15, 0.2) is 84.2 Å². The number of rotatable bonds is 13. The Bertz CT molecular complexity index is 851. The second-order valence-electron chi connectivity index (χ2n) is 8.00. The van der Waals surface area contributed by atoms with Crippen molar-refractivity contribution in [3.8, 4) is 6.07 Å². The van der Waals surface area contributed by atoms with Gasteiger partial charge in [-0.15, -0.1) is 11.6 Å². The number of allylic oxidation sites excluding steroid dienone is 11. The summed E-state index contributed by atoms with van der Waals surface area (Å²) in [7, 11) is 0. The van der Waals surface area contributed by atoms with Gasteiger partial charge in [-0.1, -0.05) is 55.2 Å². The van der Waals surface area contributed by atoms with E-state index in [9.17, 15) is 4.79 Å². The van der Waals surface area contributed by atoms with E-state index in [0.29, 0.717) is 17.2 Å². The molecular formula is C27H37ClN2O2. The maximum atomic E-state index is 13.1. The highest BCUT2D eigenvalue weighted by Gasteiger charge is 2.33. The first-order valence-corrected chi connectivity index (χ1v) is 11.2. The van der Waals surface area contributed by atoms with Crippen LogP contribution in [0.4, 0.5) is 0 Å². The Morgan fingerprint density at radius 2 is 1.88 bits per heavy atom. The number of alkyl halides is 1.